The van der Waals surface area contributed by atoms with Gasteiger partial charge in [-0.3, -0.25) is 0 Å². The fraction of sp³-hybridized carbons (Fsp3) is 0. The first kappa shape index (κ1) is 28.8. The quantitative estimate of drug-likeness (QED) is 0.193. The second-order valence-electron chi connectivity index (χ2n) is 12.3. The number of hydrogen-bond donors (Lipinski definition) is 0. The molecule has 0 amide bonds. The summed E-state index contributed by atoms with van der Waals surface area (Å²) < 4.78 is 4.46. The lowest BCUT2D eigenvalue weighted by Crippen LogP contribution is -1.98. The molecule has 9 aromatic rings. The SMILES string of the molecule is N#Cc1ccc(-n2c3ccc(C#N)cc3c3c(C#N)cccc32)c(-c2cccc(-c3cccc(-n4c5ccccc5c5ccccc54)c3)c2)c1. The monoisotopic (exact) mass is 635 g/mol. The fourth-order valence-corrected chi connectivity index (χ4v) is 7.42. The van der Waals surface area contributed by atoms with Crippen molar-refractivity contribution in [2.75, 3.05) is 0 Å². The van der Waals surface area contributed by atoms with Crippen LogP contribution in [0.5, 0.6) is 0 Å². The van der Waals surface area contributed by atoms with Crippen molar-refractivity contribution >= 4 is 43.6 Å². The van der Waals surface area contributed by atoms with E-state index < -0.39 is 0 Å². The maximum atomic E-state index is 10.1. The van der Waals surface area contributed by atoms with Gasteiger partial charge in [0.1, 0.15) is 0 Å². The summed E-state index contributed by atoms with van der Waals surface area (Å²) in [6.45, 7) is 0. The van der Waals surface area contributed by atoms with E-state index >= 15 is 0 Å². The van der Waals surface area contributed by atoms with Crippen LogP contribution in [0.2, 0.25) is 0 Å². The molecule has 0 bridgehead atoms. The molecule has 0 saturated carbocycles. The third kappa shape index (κ3) is 4.38. The van der Waals surface area contributed by atoms with Crippen molar-refractivity contribution in [1.29, 1.82) is 15.8 Å². The molecule has 5 nitrogen and oxygen atoms in total. The molecule has 0 N–H and O–H groups in total. The van der Waals surface area contributed by atoms with Gasteiger partial charge in [-0.1, -0.05) is 72.8 Å². The summed E-state index contributed by atoms with van der Waals surface area (Å²) in [6.07, 6.45) is 0. The number of aromatic nitrogens is 2. The number of nitriles is 3. The van der Waals surface area contributed by atoms with Crippen LogP contribution in [-0.2, 0) is 0 Å². The van der Waals surface area contributed by atoms with E-state index in [2.05, 4.69) is 124 Å². The van der Waals surface area contributed by atoms with Crippen LogP contribution in [0.25, 0.3) is 77.2 Å². The van der Waals surface area contributed by atoms with Crippen LogP contribution in [0.1, 0.15) is 16.7 Å². The zero-order chi connectivity index (χ0) is 33.8. The molecule has 50 heavy (non-hydrogen) atoms. The first-order valence-electron chi connectivity index (χ1n) is 16.3. The van der Waals surface area contributed by atoms with Crippen molar-refractivity contribution in [2.24, 2.45) is 0 Å². The van der Waals surface area contributed by atoms with Gasteiger partial charge in [-0.15, -0.1) is 0 Å². The van der Waals surface area contributed by atoms with Crippen molar-refractivity contribution in [3.05, 3.63) is 168 Å². The molecule has 5 heteroatoms. The summed E-state index contributed by atoms with van der Waals surface area (Å²) in [6, 6.07) is 58.0. The molecule has 2 aromatic heterocycles. The standard InChI is InChI=1S/C45H25N5/c46-26-29-18-20-42(50-43-21-19-30(27-47)23-39(43)45-34(28-48)11-7-17-44(45)50)38(22-29)33-10-5-8-31(24-33)32-9-6-12-35(25-32)49-40-15-3-1-13-36(40)37-14-2-4-16-41(37)49/h1-25H. The Morgan fingerprint density at radius 1 is 0.400 bits per heavy atom. The van der Waals surface area contributed by atoms with Crippen LogP contribution < -0.4 is 0 Å². The van der Waals surface area contributed by atoms with Gasteiger partial charge >= 0.3 is 0 Å². The zero-order valence-electron chi connectivity index (χ0n) is 26.7. The summed E-state index contributed by atoms with van der Waals surface area (Å²) >= 11 is 0. The van der Waals surface area contributed by atoms with Gasteiger partial charge in [0.2, 0.25) is 0 Å². The maximum absolute atomic E-state index is 10.1. The molecule has 0 radical (unpaired) electrons. The highest BCUT2D eigenvalue weighted by Crippen LogP contribution is 2.39. The zero-order valence-corrected chi connectivity index (χ0v) is 26.7. The van der Waals surface area contributed by atoms with E-state index in [1.807, 2.05) is 48.5 Å². The van der Waals surface area contributed by atoms with Crippen molar-refractivity contribution < 1.29 is 0 Å². The van der Waals surface area contributed by atoms with Crippen molar-refractivity contribution in [1.82, 2.24) is 9.13 Å². The lowest BCUT2D eigenvalue weighted by Gasteiger charge is -2.16. The van der Waals surface area contributed by atoms with E-state index in [0.29, 0.717) is 16.7 Å². The van der Waals surface area contributed by atoms with Gasteiger partial charge in [-0.2, -0.15) is 15.8 Å². The maximum Gasteiger partial charge on any atom is 0.0998 e. The van der Waals surface area contributed by atoms with Gasteiger partial charge in [0.25, 0.3) is 0 Å². The Morgan fingerprint density at radius 2 is 1.00 bits per heavy atom. The second-order valence-corrected chi connectivity index (χ2v) is 12.3. The topological polar surface area (TPSA) is 81.2 Å². The third-order valence-electron chi connectivity index (χ3n) is 9.60. The normalized spacial score (nSPS) is 11.1. The minimum Gasteiger partial charge on any atom is -0.309 e. The van der Waals surface area contributed by atoms with Crippen molar-refractivity contribution in [2.45, 2.75) is 0 Å². The van der Waals surface area contributed by atoms with Gasteiger partial charge in [-0.25, -0.2) is 0 Å². The third-order valence-corrected chi connectivity index (χ3v) is 9.60. The molecule has 0 atom stereocenters. The van der Waals surface area contributed by atoms with Gasteiger partial charge in [-0.05, 0) is 95.6 Å². The highest BCUT2D eigenvalue weighted by Gasteiger charge is 2.19. The number of benzene rings is 7. The first-order chi connectivity index (χ1) is 24.7. The predicted molar refractivity (Wildman–Crippen MR) is 200 cm³/mol. The highest BCUT2D eigenvalue weighted by molar-refractivity contribution is 6.13. The second kappa shape index (κ2) is 11.4. The summed E-state index contributed by atoms with van der Waals surface area (Å²) in [7, 11) is 0. The average molecular weight is 636 g/mol. The van der Waals surface area contributed by atoms with Crippen LogP contribution in [0.4, 0.5) is 0 Å². The first-order valence-corrected chi connectivity index (χ1v) is 16.3. The molecule has 0 saturated heterocycles. The smallest absolute Gasteiger partial charge is 0.0998 e. The van der Waals surface area contributed by atoms with E-state index in [9.17, 15) is 15.8 Å². The average Bonchev–Trinajstić information content (AvgIpc) is 3.70. The summed E-state index contributed by atoms with van der Waals surface area (Å²) in [4.78, 5) is 0. The minimum atomic E-state index is 0.528. The van der Waals surface area contributed by atoms with E-state index in [1.54, 1.807) is 6.07 Å². The summed E-state index contributed by atoms with van der Waals surface area (Å²) in [5.74, 6) is 0. The molecule has 7 aromatic carbocycles. The molecule has 2 heterocycles. The lowest BCUT2D eigenvalue weighted by atomic mass is 9.96. The van der Waals surface area contributed by atoms with Gasteiger partial charge < -0.3 is 9.13 Å². The Labute approximate surface area is 287 Å². The number of fused-ring (bicyclic) bond motifs is 6. The van der Waals surface area contributed by atoms with E-state index in [4.69, 9.17) is 0 Å². The molecule has 0 spiro atoms. The van der Waals surface area contributed by atoms with Crippen LogP contribution in [-0.4, -0.2) is 9.13 Å². The molecular weight excluding hydrogens is 611 g/mol. The van der Waals surface area contributed by atoms with Crippen molar-refractivity contribution in [3.8, 4) is 51.8 Å². The number of nitrogens with zero attached hydrogens (tertiary/aromatic N) is 5. The molecule has 230 valence electrons. The molecular formula is C45H25N5. The Balaban J connectivity index is 1.24. The highest BCUT2D eigenvalue weighted by atomic mass is 15.0. The van der Waals surface area contributed by atoms with E-state index in [1.165, 1.54) is 10.8 Å². The molecule has 0 aliphatic heterocycles. The molecule has 0 unspecified atom stereocenters. The molecule has 9 rings (SSSR count). The van der Waals surface area contributed by atoms with Crippen LogP contribution in [0, 0.1) is 34.0 Å². The van der Waals surface area contributed by atoms with Gasteiger partial charge in [0, 0.05) is 32.8 Å². The van der Waals surface area contributed by atoms with Crippen molar-refractivity contribution in [3.63, 3.8) is 0 Å². The van der Waals surface area contributed by atoms with Crippen LogP contribution >= 0.6 is 0 Å². The Hall–Kier alpha value is -7.39. The summed E-state index contributed by atoms with van der Waals surface area (Å²) in [5, 5.41) is 33.8. The van der Waals surface area contributed by atoms with Gasteiger partial charge in [0.15, 0.2) is 0 Å². The largest absolute Gasteiger partial charge is 0.309 e. The Bertz CT molecular complexity index is 2920. The summed E-state index contributed by atoms with van der Waals surface area (Å²) in [5.41, 5.74) is 11.6. The van der Waals surface area contributed by atoms with Gasteiger partial charge in [0.05, 0.1) is 62.7 Å². The molecule has 0 aliphatic carbocycles. The van der Waals surface area contributed by atoms with Crippen LogP contribution in [0.15, 0.2) is 152 Å². The predicted octanol–water partition coefficient (Wildman–Crippen LogP) is 10.8. The molecule has 0 fully saturated rings. The van der Waals surface area contributed by atoms with E-state index in [0.717, 1.165) is 66.5 Å². The lowest BCUT2D eigenvalue weighted by molar-refractivity contribution is 1.18. The Morgan fingerprint density at radius 3 is 1.74 bits per heavy atom. The number of para-hydroxylation sites is 2. The minimum absolute atomic E-state index is 0.528. The fourth-order valence-electron chi connectivity index (χ4n) is 7.42. The molecule has 0 aliphatic rings. The number of hydrogen-bond acceptors (Lipinski definition) is 3. The van der Waals surface area contributed by atoms with Crippen LogP contribution in [0.3, 0.4) is 0 Å². The number of rotatable bonds is 4. The van der Waals surface area contributed by atoms with E-state index in [-0.39, 0.29) is 0 Å². The Kier molecular flexibility index (Phi) is 6.56.